The van der Waals surface area contributed by atoms with Crippen LogP contribution in [0.2, 0.25) is 0 Å². The van der Waals surface area contributed by atoms with Gasteiger partial charge in [0.05, 0.1) is 12.2 Å². The Labute approximate surface area is 681 Å². The second kappa shape index (κ2) is 38.7. The van der Waals surface area contributed by atoms with Crippen molar-refractivity contribution in [3.63, 3.8) is 0 Å². The molecule has 25 unspecified atom stereocenters. The normalized spacial score (nSPS) is 35.1. The Morgan fingerprint density at radius 1 is 0.337 bits per heavy atom. The summed E-state index contributed by atoms with van der Waals surface area (Å²) in [6, 6.07) is 41.2. The first-order valence-electron chi connectivity index (χ1n) is 40.1. The molecule has 0 aliphatic heterocycles. The number of methoxy groups -OCH3 is 2. The molecule has 12 rings (SSSR count). The Morgan fingerprint density at radius 3 is 0.981 bits per heavy atom. The average Bonchev–Trinajstić information content (AvgIpc) is 1.59. The molecule has 4 aromatic rings. The summed E-state index contributed by atoms with van der Waals surface area (Å²) in [5.74, 6) is 17.7. The summed E-state index contributed by atoms with van der Waals surface area (Å²) in [5.41, 5.74) is 12.1. The molecule has 25 atom stereocenters. The van der Waals surface area contributed by atoms with Gasteiger partial charge >= 0.3 is 75.7 Å². The van der Waals surface area contributed by atoms with Crippen LogP contribution in [0.15, 0.2) is 103 Å². The summed E-state index contributed by atoms with van der Waals surface area (Å²) < 4.78 is 13.1. The van der Waals surface area contributed by atoms with Gasteiger partial charge in [0.25, 0.3) is 0 Å². The first kappa shape index (κ1) is 94.3. The summed E-state index contributed by atoms with van der Waals surface area (Å²) in [4.78, 5) is 0. The number of rotatable bonds is 10. The standard InChI is InChI=1S/2C46H70O.4CH3.4ClH.2Zr/c1-28-24-38-34(30-16-20-32(21-17-30)44(3,4)5)14-13-15-35(38)36(28)26-37-29(2)25-40-39(37)27-41(46(9,10)11)43(47-12)42(40)31-18-22-33(23-19-31)45(6,7)8;1-28-22-37-36(30-18-20-32(21-19-30)44(3,4)5)24-33(45(6,7)8)25-38(37)34(28)26-35-29(2)23-40-39(35)27-41(46(9,10)11)43(47-12)42(40)31-16-14-13-15-17-31;;;;;;;;;;/h16-23,28-29,34-43H,13-15,24-27H2,1-12H3;13-21,28-29,33-43H,22-27H2,1-12H3;4*1H3;4*1H;;/q;;4*-1;;;;;2*+4/p-4. The Morgan fingerprint density at radius 2 is 0.644 bits per heavy atom. The Bertz CT molecular complexity index is 3140. The van der Waals surface area contributed by atoms with Gasteiger partial charge in [-0.3, -0.25) is 0 Å². The number of halogens is 4. The third-order valence-electron chi connectivity index (χ3n) is 29.4. The van der Waals surface area contributed by atoms with Crippen molar-refractivity contribution in [1.29, 1.82) is 0 Å². The Balaban J connectivity index is 0.000000336. The molecule has 8 heteroatoms. The quantitative estimate of drug-likeness (QED) is 0.147. The van der Waals surface area contributed by atoms with E-state index >= 15 is 0 Å². The van der Waals surface area contributed by atoms with Crippen LogP contribution < -0.4 is 0 Å². The van der Waals surface area contributed by atoms with E-state index in [1.165, 1.54) is 111 Å². The minimum absolute atomic E-state index is 0. The fourth-order valence-corrected chi connectivity index (χ4v) is 24.1. The van der Waals surface area contributed by atoms with Gasteiger partial charge in [0.1, 0.15) is 0 Å². The zero-order chi connectivity index (χ0) is 73.5. The van der Waals surface area contributed by atoms with E-state index in [0.29, 0.717) is 47.2 Å². The maximum absolute atomic E-state index is 6.57. The molecule has 584 valence electrons. The van der Waals surface area contributed by atoms with E-state index in [4.69, 9.17) is 43.5 Å². The van der Waals surface area contributed by atoms with E-state index in [-0.39, 0.29) is 56.8 Å². The third kappa shape index (κ3) is 21.4. The van der Waals surface area contributed by atoms with Gasteiger partial charge in [0.15, 0.2) is 0 Å². The molecule has 8 aliphatic rings. The third-order valence-corrected chi connectivity index (χ3v) is 29.4. The molecular formula is C96H152Cl4O2Zr2. The second-order valence-corrected chi connectivity index (χ2v) is 48.5. The van der Waals surface area contributed by atoms with Crippen LogP contribution >= 0.6 is 34.1 Å². The summed E-state index contributed by atoms with van der Waals surface area (Å²) >= 11 is -1.65. The predicted octanol–water partition coefficient (Wildman–Crippen LogP) is 29.7. The Kier molecular flexibility index (Phi) is 35.1. The van der Waals surface area contributed by atoms with Gasteiger partial charge in [-0.2, -0.15) is 0 Å². The molecule has 2 nitrogen and oxygen atoms in total. The summed E-state index contributed by atoms with van der Waals surface area (Å²) in [5, 5.41) is 0. The van der Waals surface area contributed by atoms with Crippen LogP contribution in [0.25, 0.3) is 0 Å². The zero-order valence-electron chi connectivity index (χ0n) is 71.3. The van der Waals surface area contributed by atoms with E-state index in [9.17, 15) is 0 Å². The van der Waals surface area contributed by atoms with Crippen LogP contribution in [0.3, 0.4) is 0 Å². The van der Waals surface area contributed by atoms with Crippen molar-refractivity contribution < 1.29 is 51.2 Å². The van der Waals surface area contributed by atoms with Crippen molar-refractivity contribution in [2.24, 2.45) is 129 Å². The van der Waals surface area contributed by atoms with Crippen molar-refractivity contribution >= 4 is 34.1 Å². The molecule has 0 bridgehead atoms. The van der Waals surface area contributed by atoms with Gasteiger partial charge in [0, 0.05) is 26.1 Å². The first-order valence-corrected chi connectivity index (χ1v) is 52.8. The topological polar surface area (TPSA) is 18.5 Å². The fourth-order valence-electron chi connectivity index (χ4n) is 24.1. The molecule has 0 spiro atoms. The Hall–Kier alpha value is -0.274. The van der Waals surface area contributed by atoms with Gasteiger partial charge in [-0.1, -0.05) is 262 Å². The number of fused-ring (bicyclic) bond motifs is 4. The molecule has 8 saturated carbocycles. The molecule has 0 amide bonds. The maximum atomic E-state index is 6.57. The molecule has 104 heavy (non-hydrogen) atoms. The number of hydrogen-bond donors (Lipinski definition) is 0. The van der Waals surface area contributed by atoms with Crippen molar-refractivity contribution in [1.82, 2.24) is 0 Å². The average molecular weight is 1660 g/mol. The molecule has 0 heterocycles. The number of benzene rings is 4. The SMILES string of the molecule is COC1C(c2ccc(C(C)(C)C)cc2)C2CC(C)C(CC3C(C)CC4C(c5ccc(C(C)(C)C)cc5)CCCC34)C2CC1C(C)(C)C.COC1C(c2ccccc2)C2CC(C)C(CC3C(C)CC4C(c5ccc(C(C)(C)C)cc5)CC(C(C)(C)C)CC34)C2CC1C(C)(C)C.[CH3-].[CH3-].[CH3-].[CH3-].[Cl][Zr+2][Cl].[Cl][Zr+2][Cl]. The molecule has 0 aromatic heterocycles. The van der Waals surface area contributed by atoms with E-state index in [2.05, 4.69) is 255 Å². The van der Waals surface area contributed by atoms with Gasteiger partial charge in [-0.15, -0.1) is 0 Å². The predicted molar refractivity (Wildman–Crippen MR) is 451 cm³/mol. The van der Waals surface area contributed by atoms with Crippen molar-refractivity contribution in [2.75, 3.05) is 14.2 Å². The first-order chi connectivity index (χ1) is 46.8. The summed E-state index contributed by atoms with van der Waals surface area (Å²) in [6.45, 7) is 54.1. The van der Waals surface area contributed by atoms with Crippen LogP contribution in [0.1, 0.15) is 298 Å². The zero-order valence-corrected chi connectivity index (χ0v) is 79.2. The van der Waals surface area contributed by atoms with Crippen molar-refractivity contribution in [2.45, 2.75) is 288 Å². The van der Waals surface area contributed by atoms with Crippen LogP contribution in [-0.4, -0.2) is 26.4 Å². The van der Waals surface area contributed by atoms with E-state index in [1.54, 1.807) is 11.1 Å². The van der Waals surface area contributed by atoms with Crippen LogP contribution in [0.4, 0.5) is 0 Å². The molecule has 8 aliphatic carbocycles. The molecule has 4 aromatic carbocycles. The fraction of sp³-hybridized carbons (Fsp3) is 0.708. The molecular weight excluding hydrogens is 1510 g/mol. The van der Waals surface area contributed by atoms with Gasteiger partial charge < -0.3 is 39.2 Å². The molecule has 0 radical (unpaired) electrons. The summed E-state index contributed by atoms with van der Waals surface area (Å²) in [6.07, 6.45) is 18.9. The minimum atomic E-state index is -0.826. The van der Waals surface area contributed by atoms with E-state index in [1.807, 2.05) is 14.2 Å². The molecule has 0 N–H and O–H groups in total. The van der Waals surface area contributed by atoms with E-state index in [0.717, 1.165) is 107 Å². The van der Waals surface area contributed by atoms with Crippen molar-refractivity contribution in [3.8, 4) is 0 Å². The van der Waals surface area contributed by atoms with Crippen LogP contribution in [-0.2, 0) is 67.4 Å². The summed E-state index contributed by atoms with van der Waals surface area (Å²) in [7, 11) is 23.7. The van der Waals surface area contributed by atoms with Gasteiger partial charge in [-0.05, 0) is 273 Å². The van der Waals surface area contributed by atoms with Gasteiger partial charge in [0.2, 0.25) is 0 Å². The monoisotopic (exact) mass is 1660 g/mol. The molecule has 8 fully saturated rings. The molecule has 0 saturated heterocycles. The van der Waals surface area contributed by atoms with Crippen LogP contribution in [0.5, 0.6) is 0 Å². The second-order valence-electron chi connectivity index (χ2n) is 41.0. The van der Waals surface area contributed by atoms with Crippen LogP contribution in [0, 0.1) is 158 Å². The number of hydrogen-bond acceptors (Lipinski definition) is 2. The van der Waals surface area contributed by atoms with Gasteiger partial charge in [-0.25, -0.2) is 0 Å². The van der Waals surface area contributed by atoms with E-state index < -0.39 is 41.7 Å². The van der Waals surface area contributed by atoms with Crippen molar-refractivity contribution in [3.05, 3.63) is 172 Å². The number of ether oxygens (including phenoxy) is 2.